The van der Waals surface area contributed by atoms with Gasteiger partial charge in [0.25, 0.3) is 5.91 Å². The molecule has 1 N–H and O–H groups in total. The van der Waals surface area contributed by atoms with E-state index in [2.05, 4.69) is 21.2 Å². The van der Waals surface area contributed by atoms with Crippen LogP contribution < -0.4 is 5.32 Å². The van der Waals surface area contributed by atoms with E-state index in [1.54, 1.807) is 24.3 Å². The van der Waals surface area contributed by atoms with E-state index in [1.807, 2.05) is 32.0 Å². The van der Waals surface area contributed by atoms with Crippen molar-refractivity contribution in [1.29, 1.82) is 0 Å². The summed E-state index contributed by atoms with van der Waals surface area (Å²) in [5.74, 6) is -0.531. The second kappa shape index (κ2) is 8.64. The minimum absolute atomic E-state index is 0.146. The third kappa shape index (κ3) is 5.49. The molecule has 0 aliphatic rings. The Morgan fingerprint density at radius 3 is 2.50 bits per heavy atom. The SMILES string of the molecule is Cc1ccc(C)c(COC(=O)CCNC(=O)c2ccc(Br)cc2)c1. The van der Waals surface area contributed by atoms with Crippen LogP contribution in [0.1, 0.15) is 33.5 Å². The first kappa shape index (κ1) is 18.2. The topological polar surface area (TPSA) is 55.4 Å². The number of ether oxygens (including phenoxy) is 1. The Kier molecular flexibility index (Phi) is 6.55. The maximum absolute atomic E-state index is 11.9. The highest BCUT2D eigenvalue weighted by Gasteiger charge is 2.08. The van der Waals surface area contributed by atoms with Gasteiger partial charge in [0.05, 0.1) is 6.42 Å². The monoisotopic (exact) mass is 389 g/mol. The van der Waals surface area contributed by atoms with Crippen molar-refractivity contribution in [2.24, 2.45) is 0 Å². The van der Waals surface area contributed by atoms with E-state index in [4.69, 9.17) is 4.74 Å². The Balaban J connectivity index is 1.74. The first-order chi connectivity index (χ1) is 11.5. The number of rotatable bonds is 6. The fourth-order valence-electron chi connectivity index (χ4n) is 2.17. The van der Waals surface area contributed by atoms with Crippen LogP contribution in [0.15, 0.2) is 46.9 Å². The summed E-state index contributed by atoms with van der Waals surface area (Å²) in [4.78, 5) is 23.7. The highest BCUT2D eigenvalue weighted by molar-refractivity contribution is 9.10. The summed E-state index contributed by atoms with van der Waals surface area (Å²) in [5, 5.41) is 2.71. The predicted molar refractivity (Wildman–Crippen MR) is 96.8 cm³/mol. The molecule has 1 amide bonds. The van der Waals surface area contributed by atoms with Gasteiger partial charge in [0.15, 0.2) is 0 Å². The molecule has 0 saturated heterocycles. The zero-order valence-electron chi connectivity index (χ0n) is 13.8. The van der Waals surface area contributed by atoms with Crippen LogP contribution in [-0.2, 0) is 16.1 Å². The Morgan fingerprint density at radius 2 is 1.79 bits per heavy atom. The number of aryl methyl sites for hydroxylation is 2. The highest BCUT2D eigenvalue weighted by atomic mass is 79.9. The Bertz CT molecular complexity index is 726. The lowest BCUT2D eigenvalue weighted by Gasteiger charge is -2.09. The molecule has 0 fully saturated rings. The van der Waals surface area contributed by atoms with Gasteiger partial charge < -0.3 is 10.1 Å². The summed E-state index contributed by atoms with van der Waals surface area (Å²) in [6.45, 7) is 4.50. The molecule has 0 saturated carbocycles. The molecule has 126 valence electrons. The van der Waals surface area contributed by atoms with Crippen molar-refractivity contribution in [3.63, 3.8) is 0 Å². The van der Waals surface area contributed by atoms with Gasteiger partial charge in [-0.15, -0.1) is 0 Å². The van der Waals surface area contributed by atoms with Crippen LogP contribution in [0, 0.1) is 13.8 Å². The lowest BCUT2D eigenvalue weighted by molar-refractivity contribution is -0.144. The van der Waals surface area contributed by atoms with Gasteiger partial charge in [0.1, 0.15) is 6.61 Å². The fraction of sp³-hybridized carbons (Fsp3) is 0.263. The van der Waals surface area contributed by atoms with Gasteiger partial charge >= 0.3 is 5.97 Å². The third-order valence-electron chi connectivity index (χ3n) is 3.61. The zero-order valence-corrected chi connectivity index (χ0v) is 15.4. The van der Waals surface area contributed by atoms with Crippen molar-refractivity contribution in [3.8, 4) is 0 Å². The molecular formula is C19H20BrNO3. The van der Waals surface area contributed by atoms with Crippen LogP contribution in [0.3, 0.4) is 0 Å². The molecular weight excluding hydrogens is 370 g/mol. The van der Waals surface area contributed by atoms with Crippen molar-refractivity contribution < 1.29 is 14.3 Å². The highest BCUT2D eigenvalue weighted by Crippen LogP contribution is 2.12. The Hall–Kier alpha value is -2.14. The van der Waals surface area contributed by atoms with Crippen molar-refractivity contribution in [1.82, 2.24) is 5.32 Å². The third-order valence-corrected chi connectivity index (χ3v) is 4.14. The number of benzene rings is 2. The number of amides is 1. The number of nitrogens with one attached hydrogen (secondary N) is 1. The zero-order chi connectivity index (χ0) is 17.5. The molecule has 0 aliphatic carbocycles. The van der Waals surface area contributed by atoms with Crippen LogP contribution in [0.5, 0.6) is 0 Å². The summed E-state index contributed by atoms with van der Waals surface area (Å²) < 4.78 is 6.18. The lowest BCUT2D eigenvalue weighted by Crippen LogP contribution is -2.26. The molecule has 0 unspecified atom stereocenters. The maximum Gasteiger partial charge on any atom is 0.307 e. The second-order valence-corrected chi connectivity index (χ2v) is 6.52. The van der Waals surface area contributed by atoms with Gasteiger partial charge in [-0.05, 0) is 49.2 Å². The standard InChI is InChI=1S/C19H20BrNO3/c1-13-3-4-14(2)16(11-13)12-24-18(22)9-10-21-19(23)15-5-7-17(20)8-6-15/h3-8,11H,9-10,12H2,1-2H3,(H,21,23). The van der Waals surface area contributed by atoms with Crippen molar-refractivity contribution in [2.45, 2.75) is 26.9 Å². The molecule has 0 atom stereocenters. The van der Waals surface area contributed by atoms with Crippen LogP contribution >= 0.6 is 15.9 Å². The predicted octanol–water partition coefficient (Wildman–Crippen LogP) is 3.93. The minimum Gasteiger partial charge on any atom is -0.461 e. The lowest BCUT2D eigenvalue weighted by atomic mass is 10.1. The molecule has 0 bridgehead atoms. The van der Waals surface area contributed by atoms with Crippen LogP contribution in [0.4, 0.5) is 0 Å². The van der Waals surface area contributed by atoms with Crippen molar-refractivity contribution >= 4 is 27.8 Å². The average molecular weight is 390 g/mol. The maximum atomic E-state index is 11.9. The van der Waals surface area contributed by atoms with Gasteiger partial charge in [-0.25, -0.2) is 0 Å². The van der Waals surface area contributed by atoms with E-state index in [0.29, 0.717) is 5.56 Å². The number of carbonyl (C=O) groups is 2. The largest absolute Gasteiger partial charge is 0.461 e. The summed E-state index contributed by atoms with van der Waals surface area (Å²) >= 11 is 3.32. The van der Waals surface area contributed by atoms with E-state index in [-0.39, 0.29) is 31.4 Å². The smallest absolute Gasteiger partial charge is 0.307 e. The number of carbonyl (C=O) groups excluding carboxylic acids is 2. The molecule has 0 radical (unpaired) electrons. The molecule has 0 heterocycles. The Morgan fingerprint density at radius 1 is 1.08 bits per heavy atom. The number of halogens is 1. The molecule has 24 heavy (non-hydrogen) atoms. The summed E-state index contributed by atoms with van der Waals surface area (Å²) in [6, 6.07) is 13.1. The molecule has 2 rings (SSSR count). The average Bonchev–Trinajstić information content (AvgIpc) is 2.56. The minimum atomic E-state index is -0.327. The van der Waals surface area contributed by atoms with E-state index >= 15 is 0 Å². The first-order valence-electron chi connectivity index (χ1n) is 7.71. The van der Waals surface area contributed by atoms with E-state index in [0.717, 1.165) is 21.2 Å². The number of hydrogen-bond donors (Lipinski definition) is 1. The Labute approximate surface area is 150 Å². The van der Waals surface area contributed by atoms with Crippen LogP contribution in [0.2, 0.25) is 0 Å². The van der Waals surface area contributed by atoms with Crippen LogP contribution in [-0.4, -0.2) is 18.4 Å². The van der Waals surface area contributed by atoms with E-state index in [1.165, 1.54) is 0 Å². The van der Waals surface area contributed by atoms with Gasteiger partial charge in [0.2, 0.25) is 0 Å². The van der Waals surface area contributed by atoms with Gasteiger partial charge in [-0.3, -0.25) is 9.59 Å². The summed E-state index contributed by atoms with van der Waals surface area (Å²) in [7, 11) is 0. The van der Waals surface area contributed by atoms with Gasteiger partial charge in [0, 0.05) is 16.6 Å². The van der Waals surface area contributed by atoms with E-state index < -0.39 is 0 Å². The van der Waals surface area contributed by atoms with Crippen molar-refractivity contribution in [3.05, 3.63) is 69.2 Å². The second-order valence-electron chi connectivity index (χ2n) is 5.60. The number of hydrogen-bond acceptors (Lipinski definition) is 3. The van der Waals surface area contributed by atoms with Gasteiger partial charge in [-0.2, -0.15) is 0 Å². The molecule has 5 heteroatoms. The first-order valence-corrected chi connectivity index (χ1v) is 8.50. The molecule has 2 aromatic carbocycles. The molecule has 2 aromatic rings. The van der Waals surface area contributed by atoms with Crippen LogP contribution in [0.25, 0.3) is 0 Å². The molecule has 0 aliphatic heterocycles. The number of esters is 1. The normalized spacial score (nSPS) is 10.3. The summed E-state index contributed by atoms with van der Waals surface area (Å²) in [5.41, 5.74) is 3.79. The van der Waals surface area contributed by atoms with E-state index in [9.17, 15) is 9.59 Å². The van der Waals surface area contributed by atoms with Crippen molar-refractivity contribution in [2.75, 3.05) is 6.54 Å². The summed E-state index contributed by atoms with van der Waals surface area (Å²) in [6.07, 6.45) is 0.146. The van der Waals surface area contributed by atoms with Gasteiger partial charge in [-0.1, -0.05) is 39.7 Å². The fourth-order valence-corrected chi connectivity index (χ4v) is 2.43. The molecule has 0 aromatic heterocycles. The molecule has 4 nitrogen and oxygen atoms in total. The molecule has 0 spiro atoms. The quantitative estimate of drug-likeness (QED) is 0.761.